The van der Waals surface area contributed by atoms with Crippen LogP contribution >= 0.6 is 0 Å². The van der Waals surface area contributed by atoms with Gasteiger partial charge in [0.05, 0.1) is 5.69 Å². The molecular formula is C18H23N3O2. The van der Waals surface area contributed by atoms with Crippen molar-refractivity contribution in [1.82, 2.24) is 10.2 Å². The van der Waals surface area contributed by atoms with Crippen LogP contribution in [-0.4, -0.2) is 21.2 Å². The van der Waals surface area contributed by atoms with Crippen LogP contribution in [-0.2, 0) is 18.3 Å². The maximum absolute atomic E-state index is 12.6. The van der Waals surface area contributed by atoms with Crippen molar-refractivity contribution < 1.29 is 9.90 Å². The first-order chi connectivity index (χ1) is 10.9. The van der Waals surface area contributed by atoms with Crippen LogP contribution < -0.4 is 5.32 Å². The van der Waals surface area contributed by atoms with Crippen molar-refractivity contribution in [2.75, 3.05) is 5.32 Å². The van der Waals surface area contributed by atoms with E-state index in [-0.39, 0.29) is 17.1 Å². The zero-order valence-corrected chi connectivity index (χ0v) is 13.9. The number of aryl methyl sites for hydroxylation is 1. The van der Waals surface area contributed by atoms with Crippen LogP contribution in [0, 0.1) is 0 Å². The van der Waals surface area contributed by atoms with Gasteiger partial charge in [-0.05, 0) is 48.8 Å². The lowest BCUT2D eigenvalue weighted by Gasteiger charge is -2.20. The predicted molar refractivity (Wildman–Crippen MR) is 90.0 cm³/mol. The van der Waals surface area contributed by atoms with Gasteiger partial charge >= 0.3 is 0 Å². The molecule has 2 aromatic rings. The summed E-state index contributed by atoms with van der Waals surface area (Å²) in [5.41, 5.74) is 3.94. The van der Waals surface area contributed by atoms with E-state index < -0.39 is 0 Å². The molecule has 0 saturated carbocycles. The minimum Gasteiger partial charge on any atom is -0.506 e. The Bertz CT molecular complexity index is 741. The molecule has 0 unspecified atom stereocenters. The van der Waals surface area contributed by atoms with Crippen molar-refractivity contribution in [2.24, 2.45) is 0 Å². The zero-order valence-electron chi connectivity index (χ0n) is 13.9. The van der Waals surface area contributed by atoms with Gasteiger partial charge in [-0.3, -0.25) is 9.89 Å². The topological polar surface area (TPSA) is 78.0 Å². The first kappa shape index (κ1) is 15.6. The Morgan fingerprint density at radius 3 is 2.74 bits per heavy atom. The molecule has 1 amide bonds. The number of nitrogens with zero attached hydrogens (tertiary/aromatic N) is 1. The van der Waals surface area contributed by atoms with Gasteiger partial charge < -0.3 is 10.4 Å². The Morgan fingerprint density at radius 2 is 2.00 bits per heavy atom. The third-order valence-corrected chi connectivity index (χ3v) is 4.38. The van der Waals surface area contributed by atoms with Crippen molar-refractivity contribution in [3.8, 4) is 5.75 Å². The summed E-state index contributed by atoms with van der Waals surface area (Å²) in [7, 11) is 0. The van der Waals surface area contributed by atoms with E-state index in [0.717, 1.165) is 42.5 Å². The largest absolute Gasteiger partial charge is 0.506 e. The number of phenolic OH excluding ortho intramolecular Hbond substituents is 1. The number of aromatic nitrogens is 2. The molecule has 0 atom stereocenters. The lowest BCUT2D eigenvalue weighted by Crippen LogP contribution is -2.17. The van der Waals surface area contributed by atoms with E-state index in [4.69, 9.17) is 0 Å². The summed E-state index contributed by atoms with van der Waals surface area (Å²) in [6, 6.07) is 5.32. The molecule has 1 aliphatic rings. The van der Waals surface area contributed by atoms with Gasteiger partial charge in [0.2, 0.25) is 0 Å². The maximum atomic E-state index is 12.6. The van der Waals surface area contributed by atoms with E-state index in [1.54, 1.807) is 6.07 Å². The van der Waals surface area contributed by atoms with E-state index in [1.165, 1.54) is 0 Å². The molecule has 5 heteroatoms. The lowest BCUT2D eigenvalue weighted by molar-refractivity contribution is 0.102. The van der Waals surface area contributed by atoms with E-state index in [0.29, 0.717) is 11.4 Å². The molecule has 1 aromatic carbocycles. The van der Waals surface area contributed by atoms with E-state index in [1.807, 2.05) is 12.1 Å². The Kier molecular flexibility index (Phi) is 3.88. The van der Waals surface area contributed by atoms with Crippen molar-refractivity contribution in [1.29, 1.82) is 0 Å². The predicted octanol–water partition coefficient (Wildman–Crippen LogP) is 3.54. The first-order valence-electron chi connectivity index (χ1n) is 8.07. The SMILES string of the molecule is CC(C)(C)c1ccc(O)c(NC(=O)c2n[nH]c3c2CCCC3)c1. The highest BCUT2D eigenvalue weighted by Gasteiger charge is 2.23. The van der Waals surface area contributed by atoms with Crippen LogP contribution in [0.4, 0.5) is 5.69 Å². The summed E-state index contributed by atoms with van der Waals surface area (Å²) in [6.45, 7) is 6.28. The molecule has 0 bridgehead atoms. The third kappa shape index (κ3) is 3.09. The number of aromatic hydroxyl groups is 1. The number of fused-ring (bicyclic) bond motifs is 1. The van der Waals surface area contributed by atoms with Crippen molar-refractivity contribution in [3.63, 3.8) is 0 Å². The minimum absolute atomic E-state index is 0.0569. The minimum atomic E-state index is -0.272. The average Bonchev–Trinajstić information content (AvgIpc) is 2.92. The number of carbonyl (C=O) groups excluding carboxylic acids is 1. The fraction of sp³-hybridized carbons (Fsp3) is 0.444. The summed E-state index contributed by atoms with van der Waals surface area (Å²) >= 11 is 0. The molecule has 1 aromatic heterocycles. The standard InChI is InChI=1S/C18H23N3O2/c1-18(2,3)11-8-9-15(22)14(10-11)19-17(23)16-12-6-4-5-7-13(12)20-21-16/h8-10,22H,4-7H2,1-3H3,(H,19,23)(H,20,21). The number of hydrogen-bond acceptors (Lipinski definition) is 3. The van der Waals surface area contributed by atoms with Crippen LogP contribution in [0.1, 0.15) is 60.9 Å². The van der Waals surface area contributed by atoms with Crippen molar-refractivity contribution in [2.45, 2.75) is 51.9 Å². The number of carbonyl (C=O) groups is 1. The molecule has 5 nitrogen and oxygen atoms in total. The number of amides is 1. The number of hydrogen-bond donors (Lipinski definition) is 3. The Labute approximate surface area is 136 Å². The maximum Gasteiger partial charge on any atom is 0.276 e. The van der Waals surface area contributed by atoms with Gasteiger partial charge in [0.25, 0.3) is 5.91 Å². The Hall–Kier alpha value is -2.30. The number of rotatable bonds is 2. The normalized spacial score (nSPS) is 14.4. The van der Waals surface area contributed by atoms with Gasteiger partial charge in [-0.25, -0.2) is 0 Å². The van der Waals surface area contributed by atoms with Crippen LogP contribution in [0.25, 0.3) is 0 Å². The monoisotopic (exact) mass is 313 g/mol. The van der Waals surface area contributed by atoms with Crippen LogP contribution in [0.5, 0.6) is 5.75 Å². The van der Waals surface area contributed by atoms with Crippen LogP contribution in [0.2, 0.25) is 0 Å². The number of H-pyrrole nitrogens is 1. The first-order valence-corrected chi connectivity index (χ1v) is 8.07. The summed E-state index contributed by atoms with van der Waals surface area (Å²) in [4.78, 5) is 12.6. The molecule has 1 aliphatic carbocycles. The number of anilines is 1. The zero-order chi connectivity index (χ0) is 16.6. The number of benzene rings is 1. The Morgan fingerprint density at radius 1 is 1.26 bits per heavy atom. The molecule has 0 aliphatic heterocycles. The summed E-state index contributed by atoms with van der Waals surface area (Å²) in [5.74, 6) is -0.207. The second-order valence-corrected chi connectivity index (χ2v) is 7.17. The quantitative estimate of drug-likeness (QED) is 0.742. The van der Waals surface area contributed by atoms with E-state index in [2.05, 4.69) is 36.3 Å². The highest BCUT2D eigenvalue weighted by atomic mass is 16.3. The molecular weight excluding hydrogens is 290 g/mol. The average molecular weight is 313 g/mol. The molecule has 3 rings (SSSR count). The number of phenols is 1. The lowest BCUT2D eigenvalue weighted by atomic mass is 9.87. The van der Waals surface area contributed by atoms with Gasteiger partial charge in [-0.2, -0.15) is 5.10 Å². The molecule has 1 heterocycles. The van der Waals surface area contributed by atoms with Gasteiger partial charge in [-0.15, -0.1) is 0 Å². The summed E-state index contributed by atoms with van der Waals surface area (Å²) < 4.78 is 0. The molecule has 0 radical (unpaired) electrons. The number of aromatic amines is 1. The molecule has 0 spiro atoms. The Balaban J connectivity index is 1.87. The van der Waals surface area contributed by atoms with Crippen LogP contribution in [0.15, 0.2) is 18.2 Å². The van der Waals surface area contributed by atoms with E-state index in [9.17, 15) is 9.90 Å². The molecule has 0 saturated heterocycles. The molecule has 23 heavy (non-hydrogen) atoms. The van der Waals surface area contributed by atoms with Crippen molar-refractivity contribution >= 4 is 11.6 Å². The second-order valence-electron chi connectivity index (χ2n) is 7.17. The molecule has 3 N–H and O–H groups in total. The van der Waals surface area contributed by atoms with Crippen LogP contribution in [0.3, 0.4) is 0 Å². The summed E-state index contributed by atoms with van der Waals surface area (Å²) in [5, 5.41) is 20.0. The fourth-order valence-corrected chi connectivity index (χ4v) is 2.95. The highest BCUT2D eigenvalue weighted by Crippen LogP contribution is 2.31. The van der Waals surface area contributed by atoms with Gasteiger partial charge in [0, 0.05) is 11.3 Å². The van der Waals surface area contributed by atoms with Gasteiger partial charge in [-0.1, -0.05) is 26.8 Å². The second kappa shape index (κ2) is 5.72. The fourth-order valence-electron chi connectivity index (χ4n) is 2.95. The third-order valence-electron chi connectivity index (χ3n) is 4.38. The smallest absolute Gasteiger partial charge is 0.276 e. The number of nitrogens with one attached hydrogen (secondary N) is 2. The van der Waals surface area contributed by atoms with Gasteiger partial charge in [0.1, 0.15) is 5.75 Å². The molecule has 122 valence electrons. The van der Waals surface area contributed by atoms with E-state index >= 15 is 0 Å². The van der Waals surface area contributed by atoms with Crippen molar-refractivity contribution in [3.05, 3.63) is 40.7 Å². The molecule has 0 fully saturated rings. The highest BCUT2D eigenvalue weighted by molar-refractivity contribution is 6.04. The van der Waals surface area contributed by atoms with Gasteiger partial charge in [0.15, 0.2) is 5.69 Å². The summed E-state index contributed by atoms with van der Waals surface area (Å²) in [6.07, 6.45) is 4.03.